The summed E-state index contributed by atoms with van der Waals surface area (Å²) in [5.41, 5.74) is 10.0. The quantitative estimate of drug-likeness (QED) is 0.622. The Kier molecular flexibility index (Phi) is 4.98. The number of benzene rings is 2. The molecule has 30 heavy (non-hydrogen) atoms. The highest BCUT2D eigenvalue weighted by atomic mass is 32.1. The molecule has 7 heteroatoms. The van der Waals surface area contributed by atoms with E-state index in [0.29, 0.717) is 30.7 Å². The van der Waals surface area contributed by atoms with Crippen LogP contribution in [0.5, 0.6) is 5.75 Å². The molecule has 0 saturated carbocycles. The highest BCUT2D eigenvalue weighted by molar-refractivity contribution is 7.22. The molecule has 0 atom stereocenters. The zero-order valence-corrected chi connectivity index (χ0v) is 18.0. The molecule has 1 fully saturated rings. The number of fused-ring (bicyclic) bond motifs is 2. The normalized spacial score (nSPS) is 17.5. The Bertz CT molecular complexity index is 1090. The number of nitrogens with zero attached hydrogens (tertiary/aromatic N) is 3. The molecule has 156 valence electrons. The molecule has 6 nitrogen and oxygen atoms in total. The van der Waals surface area contributed by atoms with E-state index in [1.807, 2.05) is 21.9 Å². The summed E-state index contributed by atoms with van der Waals surface area (Å²) in [6.07, 6.45) is 2.17. The van der Waals surface area contributed by atoms with E-state index in [9.17, 15) is 4.79 Å². The van der Waals surface area contributed by atoms with Crippen LogP contribution in [0.4, 0.5) is 9.93 Å². The maximum atomic E-state index is 13.1. The van der Waals surface area contributed by atoms with Gasteiger partial charge in [-0.05, 0) is 54.2 Å². The van der Waals surface area contributed by atoms with Crippen LogP contribution in [0.1, 0.15) is 25.3 Å². The average molecular weight is 423 g/mol. The minimum absolute atomic E-state index is 0.130. The third kappa shape index (κ3) is 3.69. The Morgan fingerprint density at radius 2 is 1.87 bits per heavy atom. The van der Waals surface area contributed by atoms with Gasteiger partial charge in [0, 0.05) is 18.7 Å². The predicted molar refractivity (Wildman–Crippen MR) is 121 cm³/mol. The lowest BCUT2D eigenvalue weighted by atomic mass is 9.99. The number of urea groups is 1. The van der Waals surface area contributed by atoms with Crippen molar-refractivity contribution in [1.29, 1.82) is 0 Å². The fourth-order valence-corrected chi connectivity index (χ4v) is 5.03. The molecule has 2 amide bonds. The van der Waals surface area contributed by atoms with Crippen molar-refractivity contribution in [3.05, 3.63) is 42.0 Å². The summed E-state index contributed by atoms with van der Waals surface area (Å²) in [7, 11) is 0. The first-order valence-electron chi connectivity index (χ1n) is 10.5. The van der Waals surface area contributed by atoms with Gasteiger partial charge in [-0.15, -0.1) is 0 Å². The Morgan fingerprint density at radius 1 is 1.10 bits per heavy atom. The number of ether oxygens (including phenoxy) is 1. The van der Waals surface area contributed by atoms with Gasteiger partial charge in [-0.1, -0.05) is 30.4 Å². The number of rotatable bonds is 1. The Hall–Kier alpha value is -2.80. The van der Waals surface area contributed by atoms with Crippen LogP contribution >= 0.6 is 11.3 Å². The molecule has 1 aromatic heterocycles. The van der Waals surface area contributed by atoms with Crippen LogP contribution in [-0.2, 0) is 6.54 Å². The molecule has 0 aliphatic carbocycles. The monoisotopic (exact) mass is 422 g/mol. The minimum atomic E-state index is 0.130. The van der Waals surface area contributed by atoms with Gasteiger partial charge >= 0.3 is 6.03 Å². The van der Waals surface area contributed by atoms with Crippen molar-refractivity contribution in [2.24, 2.45) is 5.92 Å². The number of hydrogen-bond donors (Lipinski definition) is 1. The second-order valence-corrected chi connectivity index (χ2v) is 9.34. The van der Waals surface area contributed by atoms with Gasteiger partial charge in [0.1, 0.15) is 12.4 Å². The largest absolute Gasteiger partial charge is 0.491 e. The molecule has 0 unspecified atom stereocenters. The Labute approximate surface area is 180 Å². The van der Waals surface area contributed by atoms with Crippen molar-refractivity contribution in [3.8, 4) is 16.9 Å². The first-order valence-corrected chi connectivity index (χ1v) is 11.3. The number of hydrogen-bond acceptors (Lipinski definition) is 5. The summed E-state index contributed by atoms with van der Waals surface area (Å²) in [5.74, 6) is 1.57. The predicted octanol–water partition coefficient (Wildman–Crippen LogP) is 4.59. The molecule has 0 radical (unpaired) electrons. The van der Waals surface area contributed by atoms with Crippen LogP contribution < -0.4 is 10.5 Å². The van der Waals surface area contributed by atoms with Gasteiger partial charge in [-0.3, -0.25) is 0 Å². The summed E-state index contributed by atoms with van der Waals surface area (Å²) in [5, 5.41) is 0.582. The third-order valence-corrected chi connectivity index (χ3v) is 6.95. The van der Waals surface area contributed by atoms with Gasteiger partial charge in [0.05, 0.1) is 23.3 Å². The maximum Gasteiger partial charge on any atom is 0.320 e. The van der Waals surface area contributed by atoms with Gasteiger partial charge in [-0.2, -0.15) is 0 Å². The first kappa shape index (κ1) is 19.2. The standard InChI is InChI=1S/C23H26N4O2S/c1-15-6-8-26(9-7-15)23(28)27-10-11-29-20-5-3-16(12-18(20)14-27)17-2-4-19-21(13-17)30-22(24)25-19/h2-5,12-13,15H,6-11,14H2,1H3,(H2,24,25). The Balaban J connectivity index is 1.40. The van der Waals surface area contributed by atoms with Crippen molar-refractivity contribution in [1.82, 2.24) is 14.8 Å². The number of thiazole rings is 1. The number of nitrogen functional groups attached to an aromatic ring is 1. The number of carbonyl (C=O) groups excluding carboxylic acids is 1. The zero-order valence-electron chi connectivity index (χ0n) is 17.1. The number of piperidine rings is 1. The fraction of sp³-hybridized carbons (Fsp3) is 0.391. The van der Waals surface area contributed by atoms with Gasteiger partial charge in [0.25, 0.3) is 0 Å². The summed E-state index contributed by atoms with van der Waals surface area (Å²) >= 11 is 1.50. The van der Waals surface area contributed by atoms with E-state index in [4.69, 9.17) is 10.5 Å². The molecule has 1 saturated heterocycles. The van der Waals surface area contributed by atoms with Crippen LogP contribution in [-0.4, -0.2) is 47.1 Å². The highest BCUT2D eigenvalue weighted by Gasteiger charge is 2.27. The molecule has 2 aliphatic heterocycles. The molecular weight excluding hydrogens is 396 g/mol. The van der Waals surface area contributed by atoms with Gasteiger partial charge in [0.2, 0.25) is 0 Å². The van der Waals surface area contributed by atoms with Crippen LogP contribution in [0.25, 0.3) is 21.3 Å². The maximum absolute atomic E-state index is 13.1. The molecule has 3 heterocycles. The molecule has 3 aromatic rings. The van der Waals surface area contributed by atoms with E-state index in [1.54, 1.807) is 0 Å². The fourth-order valence-electron chi connectivity index (χ4n) is 4.26. The number of aromatic nitrogens is 1. The van der Waals surface area contributed by atoms with Crippen LogP contribution in [0, 0.1) is 5.92 Å². The van der Waals surface area contributed by atoms with Crippen LogP contribution in [0.15, 0.2) is 36.4 Å². The summed E-state index contributed by atoms with van der Waals surface area (Å²) in [4.78, 5) is 21.4. The molecule has 2 N–H and O–H groups in total. The van der Waals surface area contributed by atoms with Gasteiger partial charge in [0.15, 0.2) is 5.13 Å². The van der Waals surface area contributed by atoms with E-state index in [-0.39, 0.29) is 6.03 Å². The lowest BCUT2D eigenvalue weighted by molar-refractivity contribution is 0.129. The topological polar surface area (TPSA) is 71.7 Å². The smallest absolute Gasteiger partial charge is 0.320 e. The van der Waals surface area contributed by atoms with Gasteiger partial charge < -0.3 is 20.3 Å². The zero-order chi connectivity index (χ0) is 20.7. The number of carbonyl (C=O) groups is 1. The van der Waals surface area contributed by atoms with E-state index in [0.717, 1.165) is 58.6 Å². The Morgan fingerprint density at radius 3 is 2.70 bits per heavy atom. The summed E-state index contributed by atoms with van der Waals surface area (Å²) in [6.45, 7) is 5.67. The summed E-state index contributed by atoms with van der Waals surface area (Å²) in [6, 6.07) is 12.6. The highest BCUT2D eigenvalue weighted by Crippen LogP contribution is 2.33. The molecule has 0 spiro atoms. The summed E-state index contributed by atoms with van der Waals surface area (Å²) < 4.78 is 7.04. The van der Waals surface area contributed by atoms with Crippen LogP contribution in [0.2, 0.25) is 0 Å². The van der Waals surface area contributed by atoms with Crippen molar-refractivity contribution in [2.45, 2.75) is 26.3 Å². The van der Waals surface area contributed by atoms with Crippen molar-refractivity contribution in [2.75, 3.05) is 32.0 Å². The molecular formula is C23H26N4O2S. The molecule has 2 aromatic carbocycles. The number of likely N-dealkylation sites (tertiary alicyclic amines) is 1. The lowest BCUT2D eigenvalue weighted by Crippen LogP contribution is -2.46. The minimum Gasteiger partial charge on any atom is -0.491 e. The average Bonchev–Trinajstić information content (AvgIpc) is 2.99. The molecule has 2 aliphatic rings. The number of anilines is 1. The molecule has 5 rings (SSSR count). The third-order valence-electron chi connectivity index (χ3n) is 6.10. The first-order chi connectivity index (χ1) is 14.6. The van der Waals surface area contributed by atoms with E-state index < -0.39 is 0 Å². The van der Waals surface area contributed by atoms with Crippen molar-refractivity contribution < 1.29 is 9.53 Å². The molecule has 0 bridgehead atoms. The SMILES string of the molecule is CC1CCN(C(=O)N2CCOc3ccc(-c4ccc5nc(N)sc5c4)cc3C2)CC1. The van der Waals surface area contributed by atoms with Crippen molar-refractivity contribution >= 4 is 32.7 Å². The van der Waals surface area contributed by atoms with Gasteiger partial charge in [-0.25, -0.2) is 9.78 Å². The number of nitrogens with two attached hydrogens (primary N) is 1. The second-order valence-electron chi connectivity index (χ2n) is 8.28. The van der Waals surface area contributed by atoms with E-state index in [2.05, 4.69) is 36.2 Å². The number of amides is 2. The van der Waals surface area contributed by atoms with Crippen molar-refractivity contribution in [3.63, 3.8) is 0 Å². The van der Waals surface area contributed by atoms with E-state index in [1.165, 1.54) is 11.3 Å². The lowest BCUT2D eigenvalue weighted by Gasteiger charge is -2.34. The van der Waals surface area contributed by atoms with Crippen LogP contribution in [0.3, 0.4) is 0 Å². The second kappa shape index (κ2) is 7.80. The van der Waals surface area contributed by atoms with E-state index >= 15 is 0 Å².